The highest BCUT2D eigenvalue weighted by atomic mass is 16.2. The summed E-state index contributed by atoms with van der Waals surface area (Å²) < 4.78 is 1.61. The van der Waals surface area contributed by atoms with Gasteiger partial charge < -0.3 is 10.2 Å². The maximum absolute atomic E-state index is 12.5. The molecule has 1 aromatic carbocycles. The van der Waals surface area contributed by atoms with Crippen LogP contribution in [0.25, 0.3) is 11.0 Å². The number of anilines is 1. The summed E-state index contributed by atoms with van der Waals surface area (Å²) in [4.78, 5) is 40.5. The number of carbonyl (C=O) groups excluding carboxylic acids is 1. The molecule has 2 N–H and O–H groups in total. The summed E-state index contributed by atoms with van der Waals surface area (Å²) >= 11 is 0. The molecule has 11 heteroatoms. The molecule has 2 aromatic heterocycles. The van der Waals surface area contributed by atoms with E-state index in [9.17, 15) is 9.59 Å². The van der Waals surface area contributed by atoms with Gasteiger partial charge in [-0.1, -0.05) is 30.8 Å². The fourth-order valence-corrected chi connectivity index (χ4v) is 4.41. The SMILES string of the molecule is C=CC(=O)N1CCN(Cc2ccc([C@H](C)Nc3ncc4ccc(=O)n(CCCN=[N+]=N)c4n3)cc2)CC1. The Labute approximate surface area is 215 Å². The monoisotopic (exact) mass is 502 g/mol. The van der Waals surface area contributed by atoms with Gasteiger partial charge >= 0.3 is 0 Å². The van der Waals surface area contributed by atoms with Crippen molar-refractivity contribution in [2.45, 2.75) is 32.5 Å². The van der Waals surface area contributed by atoms with Crippen LogP contribution in [0.4, 0.5) is 5.95 Å². The number of hydrogen-bond donors (Lipinski definition) is 2. The lowest BCUT2D eigenvalue weighted by Crippen LogP contribution is -2.47. The quantitative estimate of drug-likeness (QED) is 0.190. The molecule has 11 nitrogen and oxygen atoms in total. The normalized spacial score (nSPS) is 14.7. The Hall–Kier alpha value is -4.21. The lowest BCUT2D eigenvalue weighted by molar-refractivity contribution is -0.127. The zero-order chi connectivity index (χ0) is 26.2. The third-order valence-electron chi connectivity index (χ3n) is 6.52. The number of nitrogens with zero attached hydrogens (tertiary/aromatic N) is 7. The van der Waals surface area contributed by atoms with Crippen LogP contribution in [0.15, 0.2) is 65.2 Å². The molecule has 1 aliphatic rings. The van der Waals surface area contributed by atoms with E-state index in [1.165, 1.54) is 17.7 Å². The lowest BCUT2D eigenvalue weighted by Gasteiger charge is -2.34. The van der Waals surface area contributed by atoms with Crippen LogP contribution in [-0.4, -0.2) is 63.0 Å². The highest BCUT2D eigenvalue weighted by molar-refractivity contribution is 5.87. The smallest absolute Gasteiger partial charge is 0.252 e. The van der Waals surface area contributed by atoms with E-state index < -0.39 is 0 Å². The Kier molecular flexibility index (Phi) is 8.50. The molecule has 0 aliphatic carbocycles. The van der Waals surface area contributed by atoms with E-state index in [1.807, 2.05) is 11.8 Å². The Balaban J connectivity index is 1.39. The third kappa shape index (κ3) is 6.52. The summed E-state index contributed by atoms with van der Waals surface area (Å²) in [6, 6.07) is 11.6. The maximum atomic E-state index is 12.5. The second-order valence-electron chi connectivity index (χ2n) is 9.03. The molecule has 4 rings (SSSR count). The van der Waals surface area contributed by atoms with Gasteiger partial charge in [-0.2, -0.15) is 4.98 Å². The molecular formula is C26H32N9O2+. The molecule has 192 valence electrons. The third-order valence-corrected chi connectivity index (χ3v) is 6.52. The van der Waals surface area contributed by atoms with Crippen LogP contribution < -0.4 is 15.8 Å². The van der Waals surface area contributed by atoms with E-state index in [4.69, 9.17) is 5.53 Å². The van der Waals surface area contributed by atoms with E-state index >= 15 is 0 Å². The van der Waals surface area contributed by atoms with E-state index in [0.717, 1.165) is 43.7 Å². The molecule has 1 amide bonds. The molecule has 1 fully saturated rings. The Morgan fingerprint density at radius 2 is 1.97 bits per heavy atom. The van der Waals surface area contributed by atoms with Crippen LogP contribution in [0, 0.1) is 5.53 Å². The maximum Gasteiger partial charge on any atom is 0.252 e. The van der Waals surface area contributed by atoms with E-state index in [-0.39, 0.29) is 17.5 Å². The highest BCUT2D eigenvalue weighted by Crippen LogP contribution is 2.20. The molecule has 1 atom stereocenters. The number of rotatable bonds is 10. The van der Waals surface area contributed by atoms with Crippen LogP contribution in [0.1, 0.15) is 30.5 Å². The van der Waals surface area contributed by atoms with Crippen LogP contribution in [0.2, 0.25) is 0 Å². The first-order valence-corrected chi connectivity index (χ1v) is 12.4. The molecule has 0 saturated carbocycles. The van der Waals surface area contributed by atoms with Crippen molar-refractivity contribution in [3.05, 3.63) is 76.7 Å². The minimum absolute atomic E-state index is 0.00303. The summed E-state index contributed by atoms with van der Waals surface area (Å²) in [6.07, 6.45) is 3.67. The summed E-state index contributed by atoms with van der Waals surface area (Å²) in [5.74, 6) is 0.443. The number of carbonyl (C=O) groups is 1. The molecule has 0 bridgehead atoms. The highest BCUT2D eigenvalue weighted by Gasteiger charge is 2.19. The van der Waals surface area contributed by atoms with Gasteiger partial charge in [-0.3, -0.25) is 19.1 Å². The van der Waals surface area contributed by atoms with Crippen molar-refractivity contribution in [2.75, 3.05) is 38.0 Å². The van der Waals surface area contributed by atoms with Crippen LogP contribution in [-0.2, 0) is 17.9 Å². The topological polar surface area (TPSA) is 134 Å². The standard InChI is InChI=1S/C26H31N9O2/c1-3-23(36)34-15-13-33(14-16-34)18-20-5-7-21(8-6-20)19(2)30-26-28-17-22-9-10-24(37)35(25(22)31-26)12-4-11-29-32-27/h3,5-10,17,19,27H,1,4,11-16,18H2,2H3/p+1/t19-/m0/s1. The lowest BCUT2D eigenvalue weighted by atomic mass is 10.1. The zero-order valence-corrected chi connectivity index (χ0v) is 21.0. The molecule has 37 heavy (non-hydrogen) atoms. The van der Waals surface area contributed by atoms with Gasteiger partial charge in [0.1, 0.15) is 22.8 Å². The van der Waals surface area contributed by atoms with Crippen molar-refractivity contribution in [1.29, 1.82) is 5.53 Å². The summed E-state index contributed by atoms with van der Waals surface area (Å²) in [7, 11) is 0. The number of benzene rings is 1. The number of nitrogens with one attached hydrogen (secondary N) is 2. The Morgan fingerprint density at radius 1 is 1.22 bits per heavy atom. The molecule has 1 saturated heterocycles. The number of pyridine rings is 1. The average molecular weight is 503 g/mol. The van der Waals surface area contributed by atoms with Crippen molar-refractivity contribution >= 4 is 22.9 Å². The van der Waals surface area contributed by atoms with Crippen molar-refractivity contribution in [3.63, 3.8) is 0 Å². The second kappa shape index (κ2) is 12.2. The number of piperazine rings is 1. The van der Waals surface area contributed by atoms with Crippen molar-refractivity contribution < 1.29 is 4.79 Å². The van der Waals surface area contributed by atoms with Crippen molar-refractivity contribution in [3.8, 4) is 0 Å². The molecule has 1 aliphatic heterocycles. The van der Waals surface area contributed by atoms with Crippen LogP contribution in [0.5, 0.6) is 0 Å². The average Bonchev–Trinajstić information content (AvgIpc) is 2.92. The van der Waals surface area contributed by atoms with Gasteiger partial charge in [0.05, 0.1) is 6.04 Å². The van der Waals surface area contributed by atoms with Gasteiger partial charge in [-0.25, -0.2) is 4.98 Å². The molecule has 0 radical (unpaired) electrons. The molecule has 3 heterocycles. The fraction of sp³-hybridized carbons (Fsp3) is 0.385. The molecule has 0 spiro atoms. The van der Waals surface area contributed by atoms with Gasteiger partial charge in [0.2, 0.25) is 16.8 Å². The van der Waals surface area contributed by atoms with E-state index in [2.05, 4.69) is 61.1 Å². The van der Waals surface area contributed by atoms with Gasteiger partial charge in [-0.15, -0.1) is 0 Å². The number of fused-ring (bicyclic) bond motifs is 1. The predicted octanol–water partition coefficient (Wildman–Crippen LogP) is 2.74. The van der Waals surface area contributed by atoms with Gasteiger partial charge in [0.25, 0.3) is 5.56 Å². The molecule has 3 aromatic rings. The van der Waals surface area contributed by atoms with E-state index in [0.29, 0.717) is 31.1 Å². The number of aryl methyl sites for hydroxylation is 1. The van der Waals surface area contributed by atoms with Gasteiger partial charge in [0, 0.05) is 56.9 Å². The minimum atomic E-state index is -0.141. The molecular weight excluding hydrogens is 470 g/mol. The number of amides is 1. The summed E-state index contributed by atoms with van der Waals surface area (Å²) in [5.41, 5.74) is 9.50. The largest absolute Gasteiger partial charge is 0.348 e. The predicted molar refractivity (Wildman–Crippen MR) is 141 cm³/mol. The van der Waals surface area contributed by atoms with Gasteiger partial charge in [0.15, 0.2) is 0 Å². The zero-order valence-electron chi connectivity index (χ0n) is 21.0. The van der Waals surface area contributed by atoms with E-state index in [1.54, 1.807) is 16.8 Å². The second-order valence-corrected chi connectivity index (χ2v) is 9.03. The van der Waals surface area contributed by atoms with Crippen molar-refractivity contribution in [2.24, 2.45) is 5.11 Å². The summed E-state index contributed by atoms with van der Waals surface area (Å²) in [5, 5.41) is 7.77. The van der Waals surface area contributed by atoms with Crippen LogP contribution in [0.3, 0.4) is 0 Å². The number of hydrogen-bond acceptors (Lipinski definition) is 8. The first-order chi connectivity index (χ1) is 18.0. The summed E-state index contributed by atoms with van der Waals surface area (Å²) in [6.45, 7) is 10.4. The number of aromatic nitrogens is 3. The Morgan fingerprint density at radius 3 is 2.68 bits per heavy atom. The van der Waals surface area contributed by atoms with Crippen LogP contribution >= 0.6 is 0 Å². The molecule has 0 unspecified atom stereocenters. The minimum Gasteiger partial charge on any atom is -0.348 e. The van der Waals surface area contributed by atoms with Gasteiger partial charge in [-0.05, 0) is 36.6 Å². The first kappa shape index (κ1) is 25.9. The Bertz CT molecular complexity index is 1350. The first-order valence-electron chi connectivity index (χ1n) is 12.4. The van der Waals surface area contributed by atoms with Crippen molar-refractivity contribution in [1.82, 2.24) is 29.2 Å². The fourth-order valence-electron chi connectivity index (χ4n) is 4.41.